The minimum Gasteiger partial charge on any atom is -0.321 e. The highest BCUT2D eigenvalue weighted by Gasteiger charge is 2.13. The van der Waals surface area contributed by atoms with Gasteiger partial charge in [-0.2, -0.15) is 5.10 Å². The molecule has 0 aliphatic carbocycles. The maximum absolute atomic E-state index is 13.1. The Kier molecular flexibility index (Phi) is 5.35. The summed E-state index contributed by atoms with van der Waals surface area (Å²) >= 11 is 0. The summed E-state index contributed by atoms with van der Waals surface area (Å²) in [7, 11) is 0. The lowest BCUT2D eigenvalue weighted by Gasteiger charge is -2.11. The second-order valence-electron chi connectivity index (χ2n) is 6.79. The highest BCUT2D eigenvalue weighted by atomic mass is 35.5. The van der Waals surface area contributed by atoms with E-state index in [-0.39, 0.29) is 24.3 Å². The predicted octanol–water partition coefficient (Wildman–Crippen LogP) is 3.77. The molecule has 3 heterocycles. The highest BCUT2D eigenvalue weighted by Crippen LogP contribution is 2.27. The fourth-order valence-corrected chi connectivity index (χ4v) is 3.33. The van der Waals surface area contributed by atoms with E-state index in [0.717, 1.165) is 33.1 Å². The third-order valence-corrected chi connectivity index (χ3v) is 4.82. The normalized spacial score (nSPS) is 12.1. The van der Waals surface area contributed by atoms with E-state index in [2.05, 4.69) is 30.1 Å². The van der Waals surface area contributed by atoms with Crippen molar-refractivity contribution in [3.8, 4) is 11.3 Å². The number of benzene rings is 2. The van der Waals surface area contributed by atoms with Crippen LogP contribution >= 0.6 is 12.4 Å². The van der Waals surface area contributed by atoms with Crippen molar-refractivity contribution in [2.45, 2.75) is 12.5 Å². The first-order valence-electron chi connectivity index (χ1n) is 9.08. The average Bonchev–Trinajstić information content (AvgIpc) is 3.23. The van der Waals surface area contributed by atoms with Crippen LogP contribution in [0.2, 0.25) is 0 Å². The number of nitrogens with zero attached hydrogens (tertiary/aromatic N) is 5. The zero-order valence-electron chi connectivity index (χ0n) is 15.7. The molecule has 2 aromatic carbocycles. The van der Waals surface area contributed by atoms with Gasteiger partial charge >= 0.3 is 0 Å². The van der Waals surface area contributed by atoms with Gasteiger partial charge in [0.1, 0.15) is 18.0 Å². The molecule has 0 aliphatic rings. The molecule has 5 rings (SSSR count). The topological polar surface area (TPSA) is 106 Å². The van der Waals surface area contributed by atoms with Gasteiger partial charge in [0.05, 0.1) is 28.8 Å². The number of halogens is 2. The molecule has 1 unspecified atom stereocenters. The van der Waals surface area contributed by atoms with Crippen LogP contribution < -0.4 is 5.73 Å². The van der Waals surface area contributed by atoms with Gasteiger partial charge in [-0.15, -0.1) is 12.4 Å². The Hall–Kier alpha value is -3.49. The van der Waals surface area contributed by atoms with Crippen LogP contribution in [0.25, 0.3) is 33.2 Å². The average molecular weight is 422 g/mol. The van der Waals surface area contributed by atoms with Gasteiger partial charge in [-0.1, -0.05) is 18.2 Å². The van der Waals surface area contributed by atoms with Crippen molar-refractivity contribution in [2.24, 2.45) is 5.73 Å². The zero-order chi connectivity index (χ0) is 19.8. The number of nitrogens with two attached hydrogens (primary N) is 1. The molecule has 0 radical (unpaired) electrons. The van der Waals surface area contributed by atoms with Crippen LogP contribution in [0.15, 0.2) is 61.2 Å². The molecule has 0 saturated carbocycles. The van der Waals surface area contributed by atoms with E-state index < -0.39 is 0 Å². The van der Waals surface area contributed by atoms with Gasteiger partial charge in [-0.25, -0.2) is 24.3 Å². The molecule has 0 fully saturated rings. The van der Waals surface area contributed by atoms with E-state index in [0.29, 0.717) is 17.9 Å². The number of nitrogens with one attached hydrogen (secondary N) is 1. The van der Waals surface area contributed by atoms with Crippen LogP contribution in [0.3, 0.4) is 0 Å². The fraction of sp³-hybridized carbons (Fsp3) is 0.0952. The van der Waals surface area contributed by atoms with Crippen LogP contribution in [-0.4, -0.2) is 30.1 Å². The van der Waals surface area contributed by atoms with Crippen LogP contribution in [0.5, 0.6) is 0 Å². The summed E-state index contributed by atoms with van der Waals surface area (Å²) in [6, 6.07) is 11.8. The minimum atomic E-state index is -0.378. The lowest BCUT2D eigenvalue weighted by molar-refractivity contribution is 0.624. The quantitative estimate of drug-likeness (QED) is 0.457. The maximum atomic E-state index is 13.1. The molecular weight excluding hydrogens is 405 g/mol. The number of H-pyrrole nitrogens is 1. The summed E-state index contributed by atoms with van der Waals surface area (Å²) in [5.41, 5.74) is 10.4. The van der Waals surface area contributed by atoms with Gasteiger partial charge in [-0.05, 0) is 36.2 Å². The summed E-state index contributed by atoms with van der Waals surface area (Å²) in [6.07, 6.45) is 5.51. The fourth-order valence-electron chi connectivity index (χ4n) is 3.33. The van der Waals surface area contributed by atoms with E-state index in [1.54, 1.807) is 24.5 Å². The van der Waals surface area contributed by atoms with E-state index in [9.17, 15) is 4.39 Å². The summed E-state index contributed by atoms with van der Waals surface area (Å²) < 4.78 is 13.1. The largest absolute Gasteiger partial charge is 0.321 e. The van der Waals surface area contributed by atoms with E-state index >= 15 is 0 Å². The Morgan fingerprint density at radius 1 is 1.00 bits per heavy atom. The van der Waals surface area contributed by atoms with Crippen molar-refractivity contribution in [1.82, 2.24) is 30.1 Å². The molecule has 0 aliphatic heterocycles. The van der Waals surface area contributed by atoms with E-state index in [4.69, 9.17) is 5.73 Å². The number of aromatic nitrogens is 6. The van der Waals surface area contributed by atoms with Gasteiger partial charge in [-0.3, -0.25) is 5.10 Å². The summed E-state index contributed by atoms with van der Waals surface area (Å²) in [5, 5.41) is 8.62. The molecule has 0 bridgehead atoms. The minimum absolute atomic E-state index is 0. The van der Waals surface area contributed by atoms with Crippen molar-refractivity contribution in [3.05, 3.63) is 78.4 Å². The Bertz CT molecular complexity index is 1320. The lowest BCUT2D eigenvalue weighted by Crippen LogP contribution is -2.16. The molecule has 0 spiro atoms. The first-order chi connectivity index (χ1) is 14.2. The number of hydrogen-bond acceptors (Lipinski definition) is 6. The van der Waals surface area contributed by atoms with Crippen LogP contribution in [0, 0.1) is 5.82 Å². The molecule has 3 aromatic heterocycles. The molecule has 0 amide bonds. The molecule has 3 N–H and O–H groups in total. The van der Waals surface area contributed by atoms with Crippen LogP contribution in [0.1, 0.15) is 17.4 Å². The summed E-state index contributed by atoms with van der Waals surface area (Å²) in [4.78, 5) is 17.6. The molecule has 5 aromatic rings. The summed E-state index contributed by atoms with van der Waals surface area (Å²) in [6.45, 7) is 0. The predicted molar refractivity (Wildman–Crippen MR) is 114 cm³/mol. The number of aromatic amines is 1. The van der Waals surface area contributed by atoms with Crippen molar-refractivity contribution < 1.29 is 4.39 Å². The molecule has 1 atom stereocenters. The molecular formula is C21H17ClFN7. The molecule has 0 saturated heterocycles. The van der Waals surface area contributed by atoms with Gasteiger partial charge in [0.25, 0.3) is 0 Å². The highest BCUT2D eigenvalue weighted by molar-refractivity contribution is 5.92. The number of fused-ring (bicyclic) bond motifs is 2. The molecule has 30 heavy (non-hydrogen) atoms. The van der Waals surface area contributed by atoms with Gasteiger partial charge in [0.2, 0.25) is 0 Å². The summed E-state index contributed by atoms with van der Waals surface area (Å²) in [5.74, 6) is 0.283. The molecule has 7 nitrogen and oxygen atoms in total. The molecule has 9 heteroatoms. The van der Waals surface area contributed by atoms with Crippen molar-refractivity contribution in [2.75, 3.05) is 0 Å². The Morgan fingerprint density at radius 3 is 2.67 bits per heavy atom. The third kappa shape index (κ3) is 3.70. The number of hydrogen-bond donors (Lipinski definition) is 2. The van der Waals surface area contributed by atoms with E-state index in [1.165, 1.54) is 18.5 Å². The first-order valence-corrected chi connectivity index (χ1v) is 9.08. The SMILES string of the molecule is Cl.NC(Cc1ccc(F)cc1)c1ncc2cc(-c3ncnc4[nH]ncc34)ccc2n1. The van der Waals surface area contributed by atoms with E-state index in [1.807, 2.05) is 18.2 Å². The zero-order valence-corrected chi connectivity index (χ0v) is 16.5. The smallest absolute Gasteiger partial charge is 0.159 e. The third-order valence-electron chi connectivity index (χ3n) is 4.82. The van der Waals surface area contributed by atoms with Gasteiger partial charge < -0.3 is 5.73 Å². The second-order valence-corrected chi connectivity index (χ2v) is 6.79. The standard InChI is InChI=1S/C21H16FN7.ClH/c22-15-4-1-12(2-5-15)7-17(23)21-24-9-14-8-13(3-6-18(14)28-21)19-16-10-27-29-20(16)26-11-25-19;/h1-6,8-11,17H,7,23H2,(H,25,26,27,29);1H. The molecule has 150 valence electrons. The van der Waals surface area contributed by atoms with Crippen LogP contribution in [-0.2, 0) is 6.42 Å². The van der Waals surface area contributed by atoms with Crippen molar-refractivity contribution >= 4 is 34.3 Å². The monoisotopic (exact) mass is 421 g/mol. The van der Waals surface area contributed by atoms with Gasteiger partial charge in [0.15, 0.2) is 5.65 Å². The Morgan fingerprint density at radius 2 is 1.83 bits per heavy atom. The van der Waals surface area contributed by atoms with Gasteiger partial charge in [0, 0.05) is 17.1 Å². The lowest BCUT2D eigenvalue weighted by atomic mass is 10.0. The van der Waals surface area contributed by atoms with Crippen molar-refractivity contribution in [3.63, 3.8) is 0 Å². The second kappa shape index (κ2) is 8.10. The van der Waals surface area contributed by atoms with Crippen LogP contribution in [0.4, 0.5) is 4.39 Å². The first kappa shape index (κ1) is 19.8. The van der Waals surface area contributed by atoms with Crippen molar-refractivity contribution in [1.29, 1.82) is 0 Å². The maximum Gasteiger partial charge on any atom is 0.159 e. The Balaban J connectivity index is 0.00000218. The Labute approximate surface area is 177 Å². The number of rotatable bonds is 4.